The number of nitrogens with one attached hydrogen (secondary N) is 1. The fourth-order valence-corrected chi connectivity index (χ4v) is 1.64. The van der Waals surface area contributed by atoms with Crippen LogP contribution in [0.3, 0.4) is 0 Å². The van der Waals surface area contributed by atoms with E-state index >= 15 is 0 Å². The van der Waals surface area contributed by atoms with Crippen LogP contribution in [0, 0.1) is 0 Å². The summed E-state index contributed by atoms with van der Waals surface area (Å²) in [5.41, 5.74) is 1.22. The zero-order chi connectivity index (χ0) is 11.6. The summed E-state index contributed by atoms with van der Waals surface area (Å²) in [5.74, 6) is 0. The molecule has 0 bridgehead atoms. The minimum atomic E-state index is -4.97. The summed E-state index contributed by atoms with van der Waals surface area (Å²) in [6, 6.07) is 5.01. The summed E-state index contributed by atoms with van der Waals surface area (Å²) in [6.07, 6.45) is 0. The molecule has 2 rings (SSSR count). The Morgan fingerprint density at radius 1 is 1.25 bits per heavy atom. The molecule has 16 heavy (non-hydrogen) atoms. The maximum Gasteiger partial charge on any atom is 0.509 e. The van der Waals surface area contributed by atoms with E-state index in [1.165, 1.54) is 22.9 Å². The van der Waals surface area contributed by atoms with Gasteiger partial charge < -0.3 is 18.3 Å². The number of halogens is 3. The summed E-state index contributed by atoms with van der Waals surface area (Å²) in [5, 5.41) is 10.5. The summed E-state index contributed by atoms with van der Waals surface area (Å²) >= 11 is 1.22. The van der Waals surface area contributed by atoms with Gasteiger partial charge in [-0.1, -0.05) is 29.5 Å². The van der Waals surface area contributed by atoms with Gasteiger partial charge in [0.2, 0.25) is 5.13 Å². The Bertz CT molecular complexity index is 472. The molecule has 0 radical (unpaired) electrons. The summed E-state index contributed by atoms with van der Waals surface area (Å²) in [4.78, 5) is 0. The fourth-order valence-electron chi connectivity index (χ4n) is 1.17. The molecule has 1 heterocycles. The summed E-state index contributed by atoms with van der Waals surface area (Å²) < 4.78 is 37.4. The molecule has 0 spiro atoms. The average molecular weight is 244 g/mol. The number of hydrogen-bond acceptors (Lipinski definition) is 4. The van der Waals surface area contributed by atoms with Crippen LogP contribution in [-0.2, 0) is 0 Å². The van der Waals surface area contributed by atoms with E-state index in [0.29, 0.717) is 10.8 Å². The second-order valence-corrected chi connectivity index (χ2v) is 3.90. The fraction of sp³-hybridized carbons (Fsp3) is 0. The molecule has 0 fully saturated rings. The van der Waals surface area contributed by atoms with Gasteiger partial charge in [0.05, 0.1) is 0 Å². The Morgan fingerprint density at radius 2 is 2.06 bits per heavy atom. The third-order valence-electron chi connectivity index (χ3n) is 1.88. The van der Waals surface area contributed by atoms with Crippen molar-refractivity contribution in [3.63, 3.8) is 0 Å². The van der Waals surface area contributed by atoms with Crippen molar-refractivity contribution in [1.29, 1.82) is 0 Å². The van der Waals surface area contributed by atoms with Crippen LogP contribution in [0.5, 0.6) is 0 Å². The average Bonchev–Trinajstić information content (AvgIpc) is 2.70. The van der Waals surface area contributed by atoms with Crippen LogP contribution in [0.15, 0.2) is 29.8 Å². The molecule has 84 valence electrons. The lowest BCUT2D eigenvalue weighted by Gasteiger charge is -2.15. The van der Waals surface area contributed by atoms with Gasteiger partial charge in [-0.25, -0.2) is 0 Å². The van der Waals surface area contributed by atoms with Crippen LogP contribution in [0.2, 0.25) is 0 Å². The molecule has 8 heteroatoms. The van der Waals surface area contributed by atoms with Crippen molar-refractivity contribution in [2.75, 3.05) is 5.32 Å². The molecule has 0 atom stereocenters. The van der Waals surface area contributed by atoms with E-state index in [-0.39, 0.29) is 0 Å². The standard InChI is InChI=1S/C8H6BF3N3S/c10-9(11,12)6-2-1-3-7(4-6)14-8-15-13-5-16-8/h1-5H,(H,14,15)/q-1. The Kier molecular flexibility index (Phi) is 2.82. The van der Waals surface area contributed by atoms with Gasteiger partial charge in [0.15, 0.2) is 0 Å². The van der Waals surface area contributed by atoms with Crippen LogP contribution in [-0.4, -0.2) is 17.2 Å². The normalized spacial score (nSPS) is 11.4. The first-order valence-corrected chi connectivity index (χ1v) is 5.27. The van der Waals surface area contributed by atoms with Crippen molar-refractivity contribution in [2.45, 2.75) is 0 Å². The monoisotopic (exact) mass is 244 g/mol. The SMILES string of the molecule is F[B-](F)(F)c1cccc(Nc2nncs2)c1. The van der Waals surface area contributed by atoms with Crippen LogP contribution >= 0.6 is 11.3 Å². The highest BCUT2D eigenvalue weighted by molar-refractivity contribution is 7.13. The van der Waals surface area contributed by atoms with Crippen molar-refractivity contribution in [1.82, 2.24) is 10.2 Å². The van der Waals surface area contributed by atoms with E-state index in [2.05, 4.69) is 15.5 Å². The largest absolute Gasteiger partial charge is 0.509 e. The molecular formula is C8H6BF3N3S-. The lowest BCUT2D eigenvalue weighted by atomic mass is 9.80. The van der Waals surface area contributed by atoms with Crippen molar-refractivity contribution in [3.05, 3.63) is 29.8 Å². The molecule has 0 aliphatic rings. The van der Waals surface area contributed by atoms with Gasteiger partial charge in [0.25, 0.3) is 0 Å². The first kappa shape index (κ1) is 10.9. The highest BCUT2D eigenvalue weighted by atomic mass is 32.1. The molecule has 0 amide bonds. The lowest BCUT2D eigenvalue weighted by Crippen LogP contribution is -2.33. The van der Waals surface area contributed by atoms with Gasteiger partial charge in [-0.05, 0) is 6.07 Å². The number of benzene rings is 1. The van der Waals surface area contributed by atoms with Gasteiger partial charge >= 0.3 is 6.98 Å². The molecule has 1 aromatic heterocycles. The molecule has 0 aliphatic carbocycles. The van der Waals surface area contributed by atoms with Crippen LogP contribution in [0.4, 0.5) is 23.8 Å². The van der Waals surface area contributed by atoms with E-state index in [1.807, 2.05) is 0 Å². The third kappa shape index (κ3) is 2.51. The zero-order valence-corrected chi connectivity index (χ0v) is 8.72. The van der Waals surface area contributed by atoms with Gasteiger partial charge in [0.1, 0.15) is 5.51 Å². The molecule has 0 aliphatic heterocycles. The van der Waals surface area contributed by atoms with E-state index in [9.17, 15) is 12.9 Å². The second kappa shape index (κ2) is 4.13. The molecular weight excluding hydrogens is 238 g/mol. The number of hydrogen-bond donors (Lipinski definition) is 1. The second-order valence-electron chi connectivity index (χ2n) is 3.07. The molecule has 0 saturated heterocycles. The predicted octanol–water partition coefficient (Wildman–Crippen LogP) is 2.34. The summed E-state index contributed by atoms with van der Waals surface area (Å²) in [6.45, 7) is -4.97. The minimum absolute atomic E-state index is 0.355. The molecule has 2 aromatic rings. The van der Waals surface area contributed by atoms with Crippen molar-refractivity contribution in [2.24, 2.45) is 0 Å². The molecule has 0 saturated carbocycles. The number of nitrogens with zero attached hydrogens (tertiary/aromatic N) is 2. The Morgan fingerprint density at radius 3 is 2.69 bits per heavy atom. The van der Waals surface area contributed by atoms with Crippen LogP contribution in [0.25, 0.3) is 0 Å². The third-order valence-corrected chi connectivity index (χ3v) is 2.48. The van der Waals surface area contributed by atoms with Crippen molar-refractivity contribution < 1.29 is 12.9 Å². The smallest absolute Gasteiger partial charge is 0.445 e. The predicted molar refractivity (Wildman–Crippen MR) is 58.3 cm³/mol. The quantitative estimate of drug-likeness (QED) is 0.842. The highest BCUT2D eigenvalue weighted by Gasteiger charge is 2.25. The van der Waals surface area contributed by atoms with Gasteiger partial charge in [-0.2, -0.15) is 0 Å². The number of rotatable bonds is 3. The zero-order valence-electron chi connectivity index (χ0n) is 7.90. The van der Waals surface area contributed by atoms with Crippen molar-refractivity contribution in [3.8, 4) is 0 Å². The van der Waals surface area contributed by atoms with E-state index in [0.717, 1.165) is 12.1 Å². The maximum atomic E-state index is 12.5. The van der Waals surface area contributed by atoms with Crippen molar-refractivity contribution >= 4 is 34.6 Å². The molecule has 3 nitrogen and oxygen atoms in total. The van der Waals surface area contributed by atoms with Crippen LogP contribution in [0.1, 0.15) is 0 Å². The van der Waals surface area contributed by atoms with Gasteiger partial charge in [-0.15, -0.1) is 15.7 Å². The van der Waals surface area contributed by atoms with E-state index in [4.69, 9.17) is 0 Å². The Balaban J connectivity index is 2.23. The van der Waals surface area contributed by atoms with E-state index in [1.54, 1.807) is 6.07 Å². The maximum absolute atomic E-state index is 12.5. The van der Waals surface area contributed by atoms with Gasteiger partial charge in [0, 0.05) is 5.69 Å². The molecule has 1 aromatic carbocycles. The van der Waals surface area contributed by atoms with E-state index < -0.39 is 12.4 Å². The molecule has 0 unspecified atom stereocenters. The van der Waals surface area contributed by atoms with Gasteiger partial charge in [-0.3, -0.25) is 0 Å². The highest BCUT2D eigenvalue weighted by Crippen LogP contribution is 2.18. The molecule has 1 N–H and O–H groups in total. The Hall–Kier alpha value is -1.57. The number of aromatic nitrogens is 2. The topological polar surface area (TPSA) is 37.8 Å². The Labute approximate surface area is 93.4 Å². The minimum Gasteiger partial charge on any atom is -0.445 e. The summed E-state index contributed by atoms with van der Waals surface area (Å²) in [7, 11) is 0. The number of anilines is 2. The van der Waals surface area contributed by atoms with Crippen LogP contribution < -0.4 is 10.8 Å². The first-order valence-electron chi connectivity index (χ1n) is 4.39. The first-order chi connectivity index (χ1) is 7.55. The lowest BCUT2D eigenvalue weighted by molar-refractivity contribution is 0.501.